The van der Waals surface area contributed by atoms with E-state index < -0.39 is 0 Å². The van der Waals surface area contributed by atoms with Crippen molar-refractivity contribution >= 4 is 22.9 Å². The van der Waals surface area contributed by atoms with Crippen molar-refractivity contribution in [3.8, 4) is 5.75 Å². The van der Waals surface area contributed by atoms with Gasteiger partial charge in [0.1, 0.15) is 12.0 Å². The summed E-state index contributed by atoms with van der Waals surface area (Å²) in [7, 11) is 1.64. The molecule has 1 aromatic heterocycles. The average Bonchev–Trinajstić information content (AvgIpc) is 2.55. The van der Waals surface area contributed by atoms with Crippen molar-refractivity contribution in [2.24, 2.45) is 0 Å². The first kappa shape index (κ1) is 13.2. The van der Waals surface area contributed by atoms with Crippen LogP contribution in [0.3, 0.4) is 0 Å². The Labute approximate surface area is 122 Å². The lowest BCUT2D eigenvalue weighted by Gasteiger charge is -2.01. The second-order valence-corrected chi connectivity index (χ2v) is 4.63. The van der Waals surface area contributed by atoms with Crippen molar-refractivity contribution in [2.75, 3.05) is 7.11 Å². The molecule has 0 radical (unpaired) electrons. The molecule has 0 spiro atoms. The Morgan fingerprint density at radius 1 is 0.952 bits per heavy atom. The molecule has 3 rings (SSSR count). The van der Waals surface area contributed by atoms with Crippen LogP contribution in [0.5, 0.6) is 5.75 Å². The van der Waals surface area contributed by atoms with E-state index in [-0.39, 0.29) is 5.63 Å². The third kappa shape index (κ3) is 2.72. The fourth-order valence-electron chi connectivity index (χ4n) is 2.19. The second-order valence-electron chi connectivity index (χ2n) is 4.63. The minimum atomic E-state index is -0.313. The van der Waals surface area contributed by atoms with Crippen LogP contribution in [-0.2, 0) is 0 Å². The van der Waals surface area contributed by atoms with Crippen LogP contribution < -0.4 is 10.4 Å². The second kappa shape index (κ2) is 5.67. The van der Waals surface area contributed by atoms with Crippen molar-refractivity contribution in [1.82, 2.24) is 0 Å². The monoisotopic (exact) mass is 278 g/mol. The SMILES string of the molecule is COc1ccc(/C=C/c2coc(=O)c3ccccc23)cc1. The van der Waals surface area contributed by atoms with Gasteiger partial charge in [0.25, 0.3) is 0 Å². The zero-order valence-electron chi connectivity index (χ0n) is 11.6. The Kier molecular flexibility index (Phi) is 3.56. The van der Waals surface area contributed by atoms with Gasteiger partial charge in [-0.25, -0.2) is 4.79 Å². The molecule has 0 saturated carbocycles. The van der Waals surface area contributed by atoms with Crippen LogP contribution in [0.15, 0.2) is 64.0 Å². The lowest BCUT2D eigenvalue weighted by molar-refractivity contribution is 0.415. The molecule has 104 valence electrons. The lowest BCUT2D eigenvalue weighted by Crippen LogP contribution is -1.99. The zero-order chi connectivity index (χ0) is 14.7. The first-order chi connectivity index (χ1) is 10.3. The number of benzene rings is 2. The summed E-state index contributed by atoms with van der Waals surface area (Å²) in [4.78, 5) is 11.7. The predicted molar refractivity (Wildman–Crippen MR) is 84.4 cm³/mol. The summed E-state index contributed by atoms with van der Waals surface area (Å²) in [6.45, 7) is 0. The predicted octanol–water partition coefficient (Wildman–Crippen LogP) is 3.97. The van der Waals surface area contributed by atoms with E-state index in [9.17, 15) is 4.79 Å². The molecular formula is C18H14O3. The van der Waals surface area contributed by atoms with E-state index in [4.69, 9.17) is 9.15 Å². The van der Waals surface area contributed by atoms with Gasteiger partial charge in [0, 0.05) is 5.56 Å². The smallest absolute Gasteiger partial charge is 0.343 e. The summed E-state index contributed by atoms with van der Waals surface area (Å²) in [5.74, 6) is 0.823. The van der Waals surface area contributed by atoms with Gasteiger partial charge in [-0.2, -0.15) is 0 Å². The maximum atomic E-state index is 11.7. The third-order valence-corrected chi connectivity index (χ3v) is 3.32. The molecule has 0 N–H and O–H groups in total. The molecule has 0 amide bonds. The van der Waals surface area contributed by atoms with Crippen LogP contribution in [0.25, 0.3) is 22.9 Å². The van der Waals surface area contributed by atoms with Crippen LogP contribution in [0.1, 0.15) is 11.1 Å². The highest BCUT2D eigenvalue weighted by molar-refractivity contribution is 5.91. The minimum absolute atomic E-state index is 0.313. The van der Waals surface area contributed by atoms with Gasteiger partial charge in [-0.05, 0) is 29.1 Å². The summed E-state index contributed by atoms with van der Waals surface area (Å²) < 4.78 is 10.2. The van der Waals surface area contributed by atoms with E-state index in [1.165, 1.54) is 6.26 Å². The zero-order valence-corrected chi connectivity index (χ0v) is 11.6. The molecular weight excluding hydrogens is 264 g/mol. The van der Waals surface area contributed by atoms with Crippen molar-refractivity contribution in [1.29, 1.82) is 0 Å². The molecule has 3 heteroatoms. The van der Waals surface area contributed by atoms with Gasteiger partial charge in [0.05, 0.1) is 12.5 Å². The van der Waals surface area contributed by atoms with Crippen molar-refractivity contribution in [3.63, 3.8) is 0 Å². The number of rotatable bonds is 3. The molecule has 0 atom stereocenters. The molecule has 0 unspecified atom stereocenters. The highest BCUT2D eigenvalue weighted by Crippen LogP contribution is 2.19. The Bertz CT molecular complexity index is 842. The summed E-state index contributed by atoms with van der Waals surface area (Å²) in [5, 5.41) is 1.48. The minimum Gasteiger partial charge on any atom is -0.497 e. The van der Waals surface area contributed by atoms with Gasteiger partial charge in [-0.3, -0.25) is 0 Å². The summed E-state index contributed by atoms with van der Waals surface area (Å²) >= 11 is 0. The van der Waals surface area contributed by atoms with Crippen molar-refractivity contribution in [2.45, 2.75) is 0 Å². The summed E-state index contributed by atoms with van der Waals surface area (Å²) in [5.41, 5.74) is 1.61. The molecule has 0 aliphatic rings. The third-order valence-electron chi connectivity index (χ3n) is 3.32. The Hall–Kier alpha value is -2.81. The Morgan fingerprint density at radius 2 is 1.67 bits per heavy atom. The number of hydrogen-bond acceptors (Lipinski definition) is 3. The molecule has 3 nitrogen and oxygen atoms in total. The number of methoxy groups -OCH3 is 1. The molecule has 0 saturated heterocycles. The van der Waals surface area contributed by atoms with Gasteiger partial charge in [-0.1, -0.05) is 42.5 Å². The molecule has 1 heterocycles. The Balaban J connectivity index is 1.99. The van der Waals surface area contributed by atoms with Gasteiger partial charge in [-0.15, -0.1) is 0 Å². The van der Waals surface area contributed by atoms with Crippen LogP contribution >= 0.6 is 0 Å². The average molecular weight is 278 g/mol. The molecule has 3 aromatic rings. The summed E-state index contributed by atoms with van der Waals surface area (Å²) in [6, 6.07) is 15.2. The molecule has 0 aliphatic carbocycles. The fourth-order valence-corrected chi connectivity index (χ4v) is 2.19. The first-order valence-corrected chi connectivity index (χ1v) is 6.60. The van der Waals surface area contributed by atoms with Gasteiger partial charge in [0.2, 0.25) is 0 Å². The van der Waals surface area contributed by atoms with Crippen molar-refractivity contribution in [3.05, 3.63) is 76.3 Å². The fraction of sp³-hybridized carbons (Fsp3) is 0.0556. The molecule has 0 fully saturated rings. The maximum Gasteiger partial charge on any atom is 0.343 e. The van der Waals surface area contributed by atoms with Crippen LogP contribution in [0.2, 0.25) is 0 Å². The van der Waals surface area contributed by atoms with Gasteiger partial charge < -0.3 is 9.15 Å². The molecule has 21 heavy (non-hydrogen) atoms. The van der Waals surface area contributed by atoms with Gasteiger partial charge in [0.15, 0.2) is 0 Å². The van der Waals surface area contributed by atoms with E-state index in [0.717, 1.165) is 22.3 Å². The topological polar surface area (TPSA) is 39.4 Å². The quantitative estimate of drug-likeness (QED) is 0.727. The normalized spacial score (nSPS) is 11.1. The van der Waals surface area contributed by atoms with E-state index in [2.05, 4.69) is 0 Å². The van der Waals surface area contributed by atoms with Crippen LogP contribution in [0, 0.1) is 0 Å². The van der Waals surface area contributed by atoms with Crippen LogP contribution in [0.4, 0.5) is 0 Å². The van der Waals surface area contributed by atoms with E-state index in [1.807, 2.05) is 54.6 Å². The van der Waals surface area contributed by atoms with E-state index in [0.29, 0.717) is 5.39 Å². The lowest BCUT2D eigenvalue weighted by atomic mass is 10.1. The van der Waals surface area contributed by atoms with E-state index >= 15 is 0 Å². The largest absolute Gasteiger partial charge is 0.497 e. The van der Waals surface area contributed by atoms with Crippen LogP contribution in [-0.4, -0.2) is 7.11 Å². The number of fused-ring (bicyclic) bond motifs is 1. The molecule has 0 aliphatic heterocycles. The highest BCUT2D eigenvalue weighted by atomic mass is 16.5. The first-order valence-electron chi connectivity index (χ1n) is 6.60. The van der Waals surface area contributed by atoms with Crippen molar-refractivity contribution < 1.29 is 9.15 Å². The Morgan fingerprint density at radius 3 is 2.38 bits per heavy atom. The highest BCUT2D eigenvalue weighted by Gasteiger charge is 2.03. The van der Waals surface area contributed by atoms with E-state index in [1.54, 1.807) is 13.2 Å². The standard InChI is InChI=1S/C18H14O3/c1-20-15-10-7-13(8-11-15)6-9-14-12-21-18(19)17-5-3-2-4-16(14)17/h2-12H,1H3/b9-6+. The van der Waals surface area contributed by atoms with Gasteiger partial charge >= 0.3 is 5.63 Å². The maximum absolute atomic E-state index is 11.7. The summed E-state index contributed by atoms with van der Waals surface area (Å²) in [6.07, 6.45) is 5.40. The molecule has 2 aromatic carbocycles. The number of hydrogen-bond donors (Lipinski definition) is 0. The number of ether oxygens (including phenoxy) is 1. The molecule has 0 bridgehead atoms.